The molecule has 0 amide bonds. The molecule has 1 aromatic carbocycles. The van der Waals surface area contributed by atoms with Crippen LogP contribution in [0.2, 0.25) is 0 Å². The molecule has 1 aromatic rings. The topological polar surface area (TPSA) is 35.5 Å². The SMILES string of the molecule is CCOC(=O)CCCCOc1cc(F)cc(F)c1. The van der Waals surface area contributed by atoms with E-state index in [9.17, 15) is 13.6 Å². The lowest BCUT2D eigenvalue weighted by Crippen LogP contribution is -2.05. The van der Waals surface area contributed by atoms with E-state index in [0.29, 0.717) is 32.5 Å². The Bertz CT molecular complexity index is 374. The molecule has 0 aliphatic carbocycles. The van der Waals surface area contributed by atoms with Gasteiger partial charge in [-0.1, -0.05) is 0 Å². The number of ether oxygens (including phenoxy) is 2. The van der Waals surface area contributed by atoms with Gasteiger partial charge in [0.2, 0.25) is 0 Å². The molecule has 0 heterocycles. The minimum Gasteiger partial charge on any atom is -0.493 e. The van der Waals surface area contributed by atoms with Crippen molar-refractivity contribution in [2.45, 2.75) is 26.2 Å². The monoisotopic (exact) mass is 258 g/mol. The quantitative estimate of drug-likeness (QED) is 0.557. The van der Waals surface area contributed by atoms with Gasteiger partial charge in [0.1, 0.15) is 17.4 Å². The first-order chi connectivity index (χ1) is 8.61. The third-order valence-electron chi connectivity index (χ3n) is 2.19. The van der Waals surface area contributed by atoms with E-state index in [0.717, 1.165) is 18.2 Å². The molecule has 0 atom stereocenters. The van der Waals surface area contributed by atoms with Gasteiger partial charge in [-0.15, -0.1) is 0 Å². The van der Waals surface area contributed by atoms with Crippen LogP contribution in [0.4, 0.5) is 8.78 Å². The molecule has 3 nitrogen and oxygen atoms in total. The zero-order valence-corrected chi connectivity index (χ0v) is 10.2. The summed E-state index contributed by atoms with van der Waals surface area (Å²) in [4.78, 5) is 11.0. The molecule has 0 saturated carbocycles. The Balaban J connectivity index is 2.19. The highest BCUT2D eigenvalue weighted by Gasteiger charge is 2.03. The van der Waals surface area contributed by atoms with Crippen molar-refractivity contribution >= 4 is 5.97 Å². The largest absolute Gasteiger partial charge is 0.493 e. The average Bonchev–Trinajstić information content (AvgIpc) is 2.27. The summed E-state index contributed by atoms with van der Waals surface area (Å²) in [5, 5.41) is 0. The molecule has 0 unspecified atom stereocenters. The van der Waals surface area contributed by atoms with Crippen LogP contribution in [0.1, 0.15) is 26.2 Å². The zero-order chi connectivity index (χ0) is 13.4. The highest BCUT2D eigenvalue weighted by atomic mass is 19.1. The molecule has 0 radical (unpaired) electrons. The molecule has 0 saturated heterocycles. The van der Waals surface area contributed by atoms with E-state index in [2.05, 4.69) is 0 Å². The second-order valence-corrected chi connectivity index (χ2v) is 3.72. The van der Waals surface area contributed by atoms with E-state index in [4.69, 9.17) is 9.47 Å². The predicted octanol–water partition coefficient (Wildman–Crippen LogP) is 3.08. The van der Waals surface area contributed by atoms with Crippen LogP contribution >= 0.6 is 0 Å². The Morgan fingerprint density at radius 3 is 2.44 bits per heavy atom. The van der Waals surface area contributed by atoms with Gasteiger partial charge in [-0.05, 0) is 19.8 Å². The summed E-state index contributed by atoms with van der Waals surface area (Å²) in [6.07, 6.45) is 1.57. The summed E-state index contributed by atoms with van der Waals surface area (Å²) in [7, 11) is 0. The first kappa shape index (κ1) is 14.4. The molecule has 0 fully saturated rings. The van der Waals surface area contributed by atoms with Crippen LogP contribution in [-0.2, 0) is 9.53 Å². The molecular formula is C13H16F2O3. The van der Waals surface area contributed by atoms with Crippen molar-refractivity contribution in [3.05, 3.63) is 29.8 Å². The van der Waals surface area contributed by atoms with E-state index in [1.165, 1.54) is 0 Å². The molecule has 0 bridgehead atoms. The zero-order valence-electron chi connectivity index (χ0n) is 10.2. The lowest BCUT2D eigenvalue weighted by molar-refractivity contribution is -0.143. The maximum absolute atomic E-state index is 12.8. The highest BCUT2D eigenvalue weighted by Crippen LogP contribution is 2.15. The molecule has 0 aliphatic rings. The maximum atomic E-state index is 12.8. The maximum Gasteiger partial charge on any atom is 0.305 e. The van der Waals surface area contributed by atoms with Crippen LogP contribution in [0, 0.1) is 11.6 Å². The Kier molecular flexibility index (Phi) is 6.11. The number of carbonyl (C=O) groups is 1. The van der Waals surface area contributed by atoms with E-state index in [1.807, 2.05) is 0 Å². The lowest BCUT2D eigenvalue weighted by atomic mass is 10.2. The van der Waals surface area contributed by atoms with Crippen LogP contribution in [0.5, 0.6) is 5.75 Å². The highest BCUT2D eigenvalue weighted by molar-refractivity contribution is 5.69. The molecule has 0 aliphatic heterocycles. The normalized spacial score (nSPS) is 10.2. The fraction of sp³-hybridized carbons (Fsp3) is 0.462. The predicted molar refractivity (Wildman–Crippen MR) is 62.3 cm³/mol. The van der Waals surface area contributed by atoms with Gasteiger partial charge in [0.05, 0.1) is 13.2 Å². The van der Waals surface area contributed by atoms with Gasteiger partial charge in [0, 0.05) is 24.6 Å². The minimum absolute atomic E-state index is 0.156. The summed E-state index contributed by atoms with van der Waals surface area (Å²) in [6, 6.07) is 3.02. The van der Waals surface area contributed by atoms with E-state index >= 15 is 0 Å². The van der Waals surface area contributed by atoms with Crippen LogP contribution < -0.4 is 4.74 Å². The third kappa shape index (κ3) is 5.61. The standard InChI is InChI=1S/C13H16F2O3/c1-2-17-13(16)5-3-4-6-18-12-8-10(14)7-11(15)9-12/h7-9H,2-6H2,1H3. The summed E-state index contributed by atoms with van der Waals surface area (Å²) < 4.78 is 35.6. The van der Waals surface area contributed by atoms with Gasteiger partial charge in [-0.2, -0.15) is 0 Å². The Hall–Kier alpha value is -1.65. The van der Waals surface area contributed by atoms with Crippen molar-refractivity contribution in [1.82, 2.24) is 0 Å². The molecule has 100 valence electrons. The molecule has 0 N–H and O–H groups in total. The second kappa shape index (κ2) is 7.63. The molecular weight excluding hydrogens is 242 g/mol. The smallest absolute Gasteiger partial charge is 0.305 e. The fourth-order valence-electron chi connectivity index (χ4n) is 1.41. The Morgan fingerprint density at radius 2 is 1.83 bits per heavy atom. The molecule has 0 aromatic heterocycles. The van der Waals surface area contributed by atoms with Crippen LogP contribution in [0.25, 0.3) is 0 Å². The van der Waals surface area contributed by atoms with Crippen LogP contribution in [-0.4, -0.2) is 19.2 Å². The summed E-state index contributed by atoms with van der Waals surface area (Å²) in [6.45, 7) is 2.43. The van der Waals surface area contributed by atoms with E-state index < -0.39 is 11.6 Å². The first-order valence-corrected chi connectivity index (χ1v) is 5.86. The second-order valence-electron chi connectivity index (χ2n) is 3.72. The van der Waals surface area contributed by atoms with Gasteiger partial charge in [-0.3, -0.25) is 4.79 Å². The number of unbranched alkanes of at least 4 members (excludes halogenated alkanes) is 1. The number of hydrogen-bond donors (Lipinski definition) is 0. The summed E-state index contributed by atoms with van der Waals surface area (Å²) in [5.41, 5.74) is 0. The van der Waals surface area contributed by atoms with Crippen molar-refractivity contribution < 1.29 is 23.0 Å². The number of carbonyl (C=O) groups excluding carboxylic acids is 1. The Morgan fingerprint density at radius 1 is 1.17 bits per heavy atom. The summed E-state index contributed by atoms with van der Waals surface area (Å²) in [5.74, 6) is -1.43. The minimum atomic E-state index is -0.670. The lowest BCUT2D eigenvalue weighted by Gasteiger charge is -2.06. The molecule has 0 spiro atoms. The number of halogens is 2. The Labute approximate surface area is 105 Å². The van der Waals surface area contributed by atoms with Crippen molar-refractivity contribution in [2.75, 3.05) is 13.2 Å². The van der Waals surface area contributed by atoms with Gasteiger partial charge in [-0.25, -0.2) is 8.78 Å². The number of benzene rings is 1. The number of hydrogen-bond acceptors (Lipinski definition) is 3. The van der Waals surface area contributed by atoms with Crippen LogP contribution in [0.15, 0.2) is 18.2 Å². The fourth-order valence-corrected chi connectivity index (χ4v) is 1.41. The number of esters is 1. The van der Waals surface area contributed by atoms with Crippen molar-refractivity contribution in [2.24, 2.45) is 0 Å². The number of rotatable bonds is 7. The average molecular weight is 258 g/mol. The van der Waals surface area contributed by atoms with E-state index in [1.54, 1.807) is 6.92 Å². The summed E-state index contributed by atoms with van der Waals surface area (Å²) >= 11 is 0. The molecule has 5 heteroatoms. The van der Waals surface area contributed by atoms with Gasteiger partial charge < -0.3 is 9.47 Å². The van der Waals surface area contributed by atoms with Crippen molar-refractivity contribution in [1.29, 1.82) is 0 Å². The van der Waals surface area contributed by atoms with Crippen LogP contribution in [0.3, 0.4) is 0 Å². The van der Waals surface area contributed by atoms with Crippen molar-refractivity contribution in [3.8, 4) is 5.75 Å². The van der Waals surface area contributed by atoms with Gasteiger partial charge >= 0.3 is 5.97 Å². The molecule has 18 heavy (non-hydrogen) atoms. The molecule has 1 rings (SSSR count). The first-order valence-electron chi connectivity index (χ1n) is 5.86. The van der Waals surface area contributed by atoms with Gasteiger partial charge in [0.15, 0.2) is 0 Å². The third-order valence-corrected chi connectivity index (χ3v) is 2.19. The van der Waals surface area contributed by atoms with Crippen molar-refractivity contribution in [3.63, 3.8) is 0 Å². The van der Waals surface area contributed by atoms with Gasteiger partial charge in [0.25, 0.3) is 0 Å². The van der Waals surface area contributed by atoms with E-state index in [-0.39, 0.29) is 11.7 Å².